The van der Waals surface area contributed by atoms with Crippen LogP contribution in [0.25, 0.3) is 0 Å². The molecule has 1 aromatic carbocycles. The van der Waals surface area contributed by atoms with Gasteiger partial charge in [-0.3, -0.25) is 19.2 Å². The molecule has 172 valence electrons. The quantitative estimate of drug-likeness (QED) is 0.279. The van der Waals surface area contributed by atoms with Crippen molar-refractivity contribution >= 4 is 35.4 Å². The first-order valence-corrected chi connectivity index (χ1v) is 10.1. The van der Waals surface area contributed by atoms with Crippen LogP contribution in [0.15, 0.2) is 30.3 Å². The molecule has 4 amide bonds. The van der Waals surface area contributed by atoms with Crippen LogP contribution in [-0.4, -0.2) is 60.1 Å². The molecule has 0 aromatic heterocycles. The van der Waals surface area contributed by atoms with E-state index in [1.807, 2.05) is 0 Å². The van der Waals surface area contributed by atoms with Crippen molar-refractivity contribution in [3.05, 3.63) is 35.9 Å². The second kappa shape index (κ2) is 12.8. The van der Waals surface area contributed by atoms with Crippen molar-refractivity contribution in [2.75, 3.05) is 18.8 Å². The van der Waals surface area contributed by atoms with Gasteiger partial charge >= 0.3 is 5.51 Å². The van der Waals surface area contributed by atoms with E-state index in [0.717, 1.165) is 5.56 Å². The lowest BCUT2D eigenvalue weighted by Crippen LogP contribution is -2.50. The van der Waals surface area contributed by atoms with Crippen LogP contribution < -0.4 is 27.4 Å². The van der Waals surface area contributed by atoms with Gasteiger partial charge in [-0.15, -0.1) is 0 Å². The van der Waals surface area contributed by atoms with E-state index in [0.29, 0.717) is 0 Å². The average Bonchev–Trinajstić information content (AvgIpc) is 2.69. The summed E-state index contributed by atoms with van der Waals surface area (Å²) in [5.41, 5.74) is 7.13. The molecule has 0 aliphatic heterocycles. The standard InChI is InChI=1S/C18H24F3N5O4S/c19-18(20,21)31-7-6-12(22)17(30)25-9-14(27)24-10-15(28)26-13(16(23)29)8-11-4-2-1-3-5-11/h1-5,12-13H,6-10,22H2,(H2,23,29)(H,24,27)(H,25,30)(H,26,28). The monoisotopic (exact) mass is 463 g/mol. The van der Waals surface area contributed by atoms with Crippen LogP contribution in [0.4, 0.5) is 13.2 Å². The normalized spacial score (nSPS) is 13.0. The predicted molar refractivity (Wildman–Crippen MR) is 108 cm³/mol. The number of primary amides is 1. The molecular weight excluding hydrogens is 439 g/mol. The maximum Gasteiger partial charge on any atom is 0.441 e. The zero-order valence-electron chi connectivity index (χ0n) is 16.4. The van der Waals surface area contributed by atoms with Crippen LogP contribution in [0, 0.1) is 0 Å². The fourth-order valence-electron chi connectivity index (χ4n) is 2.29. The number of carbonyl (C=O) groups excluding carboxylic acids is 4. The molecule has 2 unspecified atom stereocenters. The van der Waals surface area contributed by atoms with Crippen molar-refractivity contribution in [3.63, 3.8) is 0 Å². The van der Waals surface area contributed by atoms with Gasteiger partial charge in [-0.2, -0.15) is 13.2 Å². The average molecular weight is 463 g/mol. The molecule has 0 bridgehead atoms. The summed E-state index contributed by atoms with van der Waals surface area (Å²) in [6, 6.07) is 6.68. The smallest absolute Gasteiger partial charge is 0.368 e. The third-order valence-electron chi connectivity index (χ3n) is 3.86. The predicted octanol–water partition coefficient (Wildman–Crippen LogP) is -0.598. The number of rotatable bonds is 12. The van der Waals surface area contributed by atoms with Crippen LogP contribution >= 0.6 is 11.8 Å². The van der Waals surface area contributed by atoms with Crippen molar-refractivity contribution in [1.29, 1.82) is 0 Å². The number of hydrogen-bond donors (Lipinski definition) is 5. The highest BCUT2D eigenvalue weighted by molar-refractivity contribution is 8.00. The highest BCUT2D eigenvalue weighted by atomic mass is 32.2. The Morgan fingerprint density at radius 2 is 1.61 bits per heavy atom. The third kappa shape index (κ3) is 11.8. The molecule has 1 aromatic rings. The summed E-state index contributed by atoms with van der Waals surface area (Å²) < 4.78 is 36.2. The van der Waals surface area contributed by atoms with E-state index < -0.39 is 60.1 Å². The SMILES string of the molecule is NC(=O)C(Cc1ccccc1)NC(=O)CNC(=O)CNC(=O)C(N)CCSC(F)(F)F. The molecule has 0 spiro atoms. The Morgan fingerprint density at radius 3 is 2.19 bits per heavy atom. The minimum atomic E-state index is -4.41. The topological polar surface area (TPSA) is 156 Å². The molecule has 0 aliphatic rings. The van der Waals surface area contributed by atoms with Gasteiger partial charge in [0.15, 0.2) is 0 Å². The Hall–Kier alpha value is -2.80. The first-order valence-electron chi connectivity index (χ1n) is 9.11. The maximum atomic E-state index is 12.1. The van der Waals surface area contributed by atoms with Crippen molar-refractivity contribution in [1.82, 2.24) is 16.0 Å². The fourth-order valence-corrected chi connectivity index (χ4v) is 2.89. The number of nitrogens with one attached hydrogen (secondary N) is 3. The summed E-state index contributed by atoms with van der Waals surface area (Å²) >= 11 is -0.295. The Labute approximate surface area is 180 Å². The Balaban J connectivity index is 2.33. The van der Waals surface area contributed by atoms with Crippen LogP contribution in [-0.2, 0) is 25.6 Å². The summed E-state index contributed by atoms with van der Waals surface area (Å²) in [5, 5.41) is 6.82. The van der Waals surface area contributed by atoms with Crippen molar-refractivity contribution in [3.8, 4) is 0 Å². The minimum absolute atomic E-state index is 0.177. The molecule has 0 fully saturated rings. The molecule has 13 heteroatoms. The van der Waals surface area contributed by atoms with Crippen molar-refractivity contribution in [2.45, 2.75) is 30.4 Å². The number of carbonyl (C=O) groups is 4. The van der Waals surface area contributed by atoms with Gasteiger partial charge < -0.3 is 27.4 Å². The van der Waals surface area contributed by atoms with Crippen LogP contribution in [0.1, 0.15) is 12.0 Å². The van der Waals surface area contributed by atoms with Crippen LogP contribution in [0.5, 0.6) is 0 Å². The molecule has 9 nitrogen and oxygen atoms in total. The van der Waals surface area contributed by atoms with E-state index in [4.69, 9.17) is 11.5 Å². The van der Waals surface area contributed by atoms with Gasteiger partial charge in [-0.05, 0) is 12.0 Å². The lowest BCUT2D eigenvalue weighted by molar-refractivity contribution is -0.129. The van der Waals surface area contributed by atoms with Gasteiger partial charge in [-0.25, -0.2) is 0 Å². The lowest BCUT2D eigenvalue weighted by Gasteiger charge is -2.16. The second-order valence-corrected chi connectivity index (χ2v) is 7.56. The Morgan fingerprint density at radius 1 is 1.00 bits per heavy atom. The van der Waals surface area contributed by atoms with Gasteiger partial charge in [0, 0.05) is 12.2 Å². The number of hydrogen-bond acceptors (Lipinski definition) is 6. The largest absolute Gasteiger partial charge is 0.441 e. The van der Waals surface area contributed by atoms with Gasteiger partial charge in [0.05, 0.1) is 19.1 Å². The summed E-state index contributed by atoms with van der Waals surface area (Å²) in [6.45, 7) is -0.989. The molecular formula is C18H24F3N5O4S. The molecule has 0 radical (unpaired) electrons. The summed E-state index contributed by atoms with van der Waals surface area (Å²) in [7, 11) is 0. The van der Waals surface area contributed by atoms with Crippen LogP contribution in [0.3, 0.4) is 0 Å². The summed E-state index contributed by atoms with van der Waals surface area (Å²) in [5.74, 6) is -3.32. The molecule has 1 rings (SSSR count). The Kier molecular flexibility index (Phi) is 10.8. The zero-order chi connectivity index (χ0) is 23.4. The first kappa shape index (κ1) is 26.2. The van der Waals surface area contributed by atoms with E-state index in [1.54, 1.807) is 30.3 Å². The van der Waals surface area contributed by atoms with Crippen molar-refractivity contribution < 1.29 is 32.3 Å². The van der Waals surface area contributed by atoms with Crippen LogP contribution in [0.2, 0.25) is 0 Å². The van der Waals surface area contributed by atoms with Gasteiger partial charge in [-0.1, -0.05) is 42.1 Å². The summed E-state index contributed by atoms with van der Waals surface area (Å²) in [4.78, 5) is 46.9. The van der Waals surface area contributed by atoms with E-state index in [-0.39, 0.29) is 24.6 Å². The van der Waals surface area contributed by atoms with E-state index in [1.165, 1.54) is 0 Å². The number of thioether (sulfide) groups is 1. The van der Waals surface area contributed by atoms with E-state index in [9.17, 15) is 32.3 Å². The van der Waals surface area contributed by atoms with Crippen molar-refractivity contribution in [2.24, 2.45) is 11.5 Å². The number of nitrogens with two attached hydrogens (primary N) is 2. The highest BCUT2D eigenvalue weighted by Gasteiger charge is 2.28. The maximum absolute atomic E-state index is 12.1. The Bertz CT molecular complexity index is 764. The molecule has 7 N–H and O–H groups in total. The molecule has 0 saturated carbocycles. The fraction of sp³-hybridized carbons (Fsp3) is 0.444. The molecule has 0 saturated heterocycles. The molecule has 0 heterocycles. The van der Waals surface area contributed by atoms with E-state index >= 15 is 0 Å². The van der Waals surface area contributed by atoms with Gasteiger partial charge in [0.25, 0.3) is 0 Å². The van der Waals surface area contributed by atoms with E-state index in [2.05, 4.69) is 16.0 Å². The highest BCUT2D eigenvalue weighted by Crippen LogP contribution is 2.30. The molecule has 0 aliphatic carbocycles. The van der Waals surface area contributed by atoms with Gasteiger partial charge in [0.2, 0.25) is 23.6 Å². The van der Waals surface area contributed by atoms with Gasteiger partial charge in [0.1, 0.15) is 6.04 Å². The minimum Gasteiger partial charge on any atom is -0.368 e. The first-order chi connectivity index (χ1) is 14.5. The third-order valence-corrected chi connectivity index (χ3v) is 4.63. The molecule has 2 atom stereocenters. The second-order valence-electron chi connectivity index (χ2n) is 6.40. The molecule has 31 heavy (non-hydrogen) atoms. The lowest BCUT2D eigenvalue weighted by atomic mass is 10.1. The summed E-state index contributed by atoms with van der Waals surface area (Å²) in [6.07, 6.45) is -0.0492. The number of alkyl halides is 3. The number of benzene rings is 1. The number of amides is 4. The zero-order valence-corrected chi connectivity index (χ0v) is 17.2. The number of halogens is 3.